The monoisotopic (exact) mass is 415 g/mol. The molecule has 0 radical (unpaired) electrons. The van der Waals surface area contributed by atoms with E-state index in [4.69, 9.17) is 16.3 Å². The SMILES string of the molecule is O=C(Nc1cc(Cl)ccc1OCCc1ccc(CF)cc1)c1cc(O)ccc1O. The van der Waals surface area contributed by atoms with E-state index in [1.54, 1.807) is 24.3 Å². The highest BCUT2D eigenvalue weighted by Gasteiger charge is 2.15. The van der Waals surface area contributed by atoms with Crippen LogP contribution in [0.2, 0.25) is 5.02 Å². The lowest BCUT2D eigenvalue weighted by atomic mass is 10.1. The Hall–Kier alpha value is -3.25. The van der Waals surface area contributed by atoms with E-state index in [0.717, 1.165) is 11.6 Å². The number of phenolic OH excluding ortho intramolecular Hbond substituents is 2. The van der Waals surface area contributed by atoms with Gasteiger partial charge in [-0.2, -0.15) is 0 Å². The number of amides is 1. The second-order valence-corrected chi connectivity index (χ2v) is 6.78. The maximum Gasteiger partial charge on any atom is 0.259 e. The van der Waals surface area contributed by atoms with Gasteiger partial charge in [-0.3, -0.25) is 4.79 Å². The molecular weight excluding hydrogens is 397 g/mol. The highest BCUT2D eigenvalue weighted by atomic mass is 35.5. The molecule has 0 unspecified atom stereocenters. The smallest absolute Gasteiger partial charge is 0.259 e. The van der Waals surface area contributed by atoms with Gasteiger partial charge in [0.25, 0.3) is 5.91 Å². The molecular formula is C22H19ClFNO4. The normalized spacial score (nSPS) is 10.6. The van der Waals surface area contributed by atoms with Crippen molar-refractivity contribution in [1.29, 1.82) is 0 Å². The molecule has 0 spiro atoms. The van der Waals surface area contributed by atoms with E-state index < -0.39 is 12.6 Å². The number of hydrogen-bond acceptors (Lipinski definition) is 4. The van der Waals surface area contributed by atoms with E-state index in [1.807, 2.05) is 12.1 Å². The Labute approximate surface area is 172 Å². The Morgan fingerprint density at radius 1 is 1.00 bits per heavy atom. The van der Waals surface area contributed by atoms with Crippen LogP contribution in [0.3, 0.4) is 0 Å². The molecule has 1 amide bonds. The first-order valence-electron chi connectivity index (χ1n) is 8.85. The average Bonchev–Trinajstić information content (AvgIpc) is 2.72. The number of phenols is 2. The van der Waals surface area contributed by atoms with Crippen LogP contribution in [-0.4, -0.2) is 22.7 Å². The van der Waals surface area contributed by atoms with E-state index in [0.29, 0.717) is 35.1 Å². The lowest BCUT2D eigenvalue weighted by molar-refractivity contribution is 0.102. The number of ether oxygens (including phenoxy) is 1. The molecule has 3 aromatic carbocycles. The molecule has 0 bridgehead atoms. The number of benzene rings is 3. The number of hydrogen-bond donors (Lipinski definition) is 3. The Morgan fingerprint density at radius 2 is 1.72 bits per heavy atom. The van der Waals surface area contributed by atoms with Crippen molar-refractivity contribution >= 4 is 23.2 Å². The molecule has 0 heterocycles. The zero-order valence-electron chi connectivity index (χ0n) is 15.4. The Morgan fingerprint density at radius 3 is 2.45 bits per heavy atom. The predicted molar refractivity (Wildman–Crippen MR) is 110 cm³/mol. The summed E-state index contributed by atoms with van der Waals surface area (Å²) in [6.07, 6.45) is 0.593. The van der Waals surface area contributed by atoms with Crippen molar-refractivity contribution in [2.75, 3.05) is 11.9 Å². The van der Waals surface area contributed by atoms with Gasteiger partial charge in [0.05, 0.1) is 17.9 Å². The third-order valence-corrected chi connectivity index (χ3v) is 4.48. The quantitative estimate of drug-likeness (QED) is 0.469. The maximum atomic E-state index is 12.6. The predicted octanol–water partition coefficient (Wildman–Crippen LogP) is 5.09. The van der Waals surface area contributed by atoms with Crippen LogP contribution in [0.25, 0.3) is 0 Å². The summed E-state index contributed by atoms with van der Waals surface area (Å²) in [5.74, 6) is -0.620. The molecule has 3 N–H and O–H groups in total. The molecule has 0 aliphatic rings. The molecule has 3 rings (SSSR count). The number of nitrogens with one attached hydrogen (secondary N) is 1. The summed E-state index contributed by atoms with van der Waals surface area (Å²) in [7, 11) is 0. The molecule has 0 fully saturated rings. The van der Waals surface area contributed by atoms with Gasteiger partial charge in [-0.25, -0.2) is 4.39 Å². The lowest BCUT2D eigenvalue weighted by Gasteiger charge is -2.14. The van der Waals surface area contributed by atoms with Crippen molar-refractivity contribution < 1.29 is 24.1 Å². The van der Waals surface area contributed by atoms with Crippen LogP contribution in [0.5, 0.6) is 17.2 Å². The summed E-state index contributed by atoms with van der Waals surface area (Å²) in [6.45, 7) is -0.170. The van der Waals surface area contributed by atoms with Gasteiger partial charge in [0.2, 0.25) is 0 Å². The molecule has 0 saturated heterocycles. The first-order chi connectivity index (χ1) is 14.0. The number of carbonyl (C=O) groups excluding carboxylic acids is 1. The number of rotatable bonds is 7. The summed E-state index contributed by atoms with van der Waals surface area (Å²) in [5, 5.41) is 22.4. The number of anilines is 1. The van der Waals surface area contributed by atoms with Crippen molar-refractivity contribution in [2.24, 2.45) is 0 Å². The molecule has 0 saturated carbocycles. The summed E-state index contributed by atoms with van der Waals surface area (Å²) in [6, 6.07) is 15.6. The van der Waals surface area contributed by atoms with Gasteiger partial charge in [0.1, 0.15) is 23.9 Å². The zero-order valence-corrected chi connectivity index (χ0v) is 16.1. The molecule has 0 atom stereocenters. The fourth-order valence-corrected chi connectivity index (χ4v) is 2.87. The zero-order chi connectivity index (χ0) is 20.8. The Kier molecular flexibility index (Phi) is 6.57. The number of aromatic hydroxyl groups is 2. The number of alkyl halides is 1. The minimum Gasteiger partial charge on any atom is -0.508 e. The first kappa shape index (κ1) is 20.5. The molecule has 150 valence electrons. The Balaban J connectivity index is 1.70. The van der Waals surface area contributed by atoms with E-state index >= 15 is 0 Å². The van der Waals surface area contributed by atoms with Crippen molar-refractivity contribution in [3.8, 4) is 17.2 Å². The molecule has 3 aromatic rings. The van der Waals surface area contributed by atoms with Crippen molar-refractivity contribution in [1.82, 2.24) is 0 Å². The summed E-state index contributed by atoms with van der Waals surface area (Å²) in [5.41, 5.74) is 1.86. The largest absolute Gasteiger partial charge is 0.508 e. The van der Waals surface area contributed by atoms with Gasteiger partial charge in [-0.15, -0.1) is 0 Å². The molecule has 0 aliphatic heterocycles. The second kappa shape index (κ2) is 9.30. The topological polar surface area (TPSA) is 78.8 Å². The fourth-order valence-electron chi connectivity index (χ4n) is 2.70. The van der Waals surface area contributed by atoms with Gasteiger partial charge < -0.3 is 20.3 Å². The van der Waals surface area contributed by atoms with E-state index in [1.165, 1.54) is 18.2 Å². The van der Waals surface area contributed by atoms with Crippen molar-refractivity contribution in [3.63, 3.8) is 0 Å². The molecule has 29 heavy (non-hydrogen) atoms. The van der Waals surface area contributed by atoms with Crippen LogP contribution in [-0.2, 0) is 13.1 Å². The highest BCUT2D eigenvalue weighted by Crippen LogP contribution is 2.30. The van der Waals surface area contributed by atoms with Gasteiger partial charge in [-0.05, 0) is 47.5 Å². The first-order valence-corrected chi connectivity index (χ1v) is 9.23. The molecule has 7 heteroatoms. The van der Waals surface area contributed by atoms with E-state index in [9.17, 15) is 19.4 Å². The summed E-state index contributed by atoms with van der Waals surface area (Å²) < 4.78 is 18.4. The van der Waals surface area contributed by atoms with Crippen LogP contribution in [0.15, 0.2) is 60.7 Å². The van der Waals surface area contributed by atoms with Crippen LogP contribution < -0.4 is 10.1 Å². The van der Waals surface area contributed by atoms with Gasteiger partial charge in [0.15, 0.2) is 0 Å². The third-order valence-electron chi connectivity index (χ3n) is 4.24. The standard InChI is InChI=1S/C22H19ClFNO4/c23-16-5-8-21(29-10-9-14-1-3-15(13-24)4-2-14)19(11-16)25-22(28)18-12-17(26)6-7-20(18)27/h1-8,11-12,26-27H,9-10,13H2,(H,25,28). The van der Waals surface area contributed by atoms with Crippen LogP contribution in [0, 0.1) is 0 Å². The fraction of sp³-hybridized carbons (Fsp3) is 0.136. The van der Waals surface area contributed by atoms with Gasteiger partial charge >= 0.3 is 0 Å². The second-order valence-electron chi connectivity index (χ2n) is 6.34. The van der Waals surface area contributed by atoms with Crippen molar-refractivity contribution in [3.05, 3.63) is 82.4 Å². The van der Waals surface area contributed by atoms with Gasteiger partial charge in [-0.1, -0.05) is 35.9 Å². The van der Waals surface area contributed by atoms with Crippen molar-refractivity contribution in [2.45, 2.75) is 13.1 Å². The summed E-state index contributed by atoms with van der Waals surface area (Å²) in [4.78, 5) is 12.5. The lowest BCUT2D eigenvalue weighted by Crippen LogP contribution is -2.13. The van der Waals surface area contributed by atoms with Crippen LogP contribution >= 0.6 is 11.6 Å². The minimum atomic E-state index is -0.618. The maximum absolute atomic E-state index is 12.6. The molecule has 5 nitrogen and oxygen atoms in total. The molecule has 0 aliphatic carbocycles. The number of halogens is 2. The Bertz CT molecular complexity index is 1010. The van der Waals surface area contributed by atoms with E-state index in [2.05, 4.69) is 5.32 Å². The average molecular weight is 416 g/mol. The summed E-state index contributed by atoms with van der Waals surface area (Å²) >= 11 is 6.03. The molecule has 0 aromatic heterocycles. The van der Waals surface area contributed by atoms with E-state index in [-0.39, 0.29) is 17.1 Å². The highest BCUT2D eigenvalue weighted by molar-refractivity contribution is 6.31. The minimum absolute atomic E-state index is 0.0797. The van der Waals surface area contributed by atoms with Crippen LogP contribution in [0.1, 0.15) is 21.5 Å². The van der Waals surface area contributed by atoms with Crippen LogP contribution in [0.4, 0.5) is 10.1 Å². The third kappa shape index (κ3) is 5.39. The van der Waals surface area contributed by atoms with Gasteiger partial charge in [0, 0.05) is 11.4 Å². The number of carbonyl (C=O) groups is 1.